The van der Waals surface area contributed by atoms with Crippen molar-refractivity contribution in [1.82, 2.24) is 9.62 Å². The summed E-state index contributed by atoms with van der Waals surface area (Å²) < 4.78 is 37.3. The third-order valence-corrected chi connectivity index (χ3v) is 7.93. The van der Waals surface area contributed by atoms with Crippen molar-refractivity contribution in [3.63, 3.8) is 0 Å². The van der Waals surface area contributed by atoms with E-state index < -0.39 is 15.4 Å². The van der Waals surface area contributed by atoms with Gasteiger partial charge in [-0.25, -0.2) is 8.42 Å². The minimum atomic E-state index is -3.36. The van der Waals surface area contributed by atoms with Crippen LogP contribution < -0.4 is 10.1 Å². The van der Waals surface area contributed by atoms with Gasteiger partial charge in [0.25, 0.3) is 0 Å². The largest absolute Gasteiger partial charge is 0.497 e. The van der Waals surface area contributed by atoms with Crippen LogP contribution in [-0.2, 0) is 26.1 Å². The van der Waals surface area contributed by atoms with Crippen LogP contribution in [0.1, 0.15) is 37.7 Å². The maximum absolute atomic E-state index is 13.3. The van der Waals surface area contributed by atoms with Crippen LogP contribution in [0.2, 0.25) is 0 Å². The van der Waals surface area contributed by atoms with Crippen molar-refractivity contribution >= 4 is 15.9 Å². The van der Waals surface area contributed by atoms with Crippen LogP contribution in [0.25, 0.3) is 0 Å². The maximum Gasteiger partial charge on any atom is 0.228 e. The van der Waals surface area contributed by atoms with Crippen LogP contribution in [-0.4, -0.2) is 57.8 Å². The molecule has 28 heavy (non-hydrogen) atoms. The fourth-order valence-electron chi connectivity index (χ4n) is 4.55. The molecule has 3 rings (SSSR count). The molecule has 1 aliphatic heterocycles. The summed E-state index contributed by atoms with van der Waals surface area (Å²) in [6, 6.07) is 7.30. The first kappa shape index (κ1) is 21.1. The second-order valence-corrected chi connectivity index (χ2v) is 9.66. The molecule has 1 aromatic rings. The smallest absolute Gasteiger partial charge is 0.228 e. The first-order chi connectivity index (χ1) is 13.4. The van der Waals surface area contributed by atoms with Crippen LogP contribution in [0.5, 0.6) is 5.75 Å². The van der Waals surface area contributed by atoms with Crippen molar-refractivity contribution in [2.24, 2.45) is 5.41 Å². The van der Waals surface area contributed by atoms with Gasteiger partial charge in [0.1, 0.15) is 5.75 Å². The number of nitrogens with one attached hydrogen (secondary N) is 1. The van der Waals surface area contributed by atoms with E-state index >= 15 is 0 Å². The van der Waals surface area contributed by atoms with Gasteiger partial charge in [0.05, 0.1) is 24.9 Å². The van der Waals surface area contributed by atoms with Gasteiger partial charge < -0.3 is 14.8 Å². The predicted octanol–water partition coefficient (Wildman–Crippen LogP) is 1.92. The molecule has 0 bridgehead atoms. The zero-order chi connectivity index (χ0) is 20.2. The van der Waals surface area contributed by atoms with Crippen LogP contribution in [0.4, 0.5) is 0 Å². The van der Waals surface area contributed by atoms with Crippen molar-refractivity contribution in [3.8, 4) is 5.75 Å². The lowest BCUT2D eigenvalue weighted by atomic mass is 9.67. The lowest BCUT2D eigenvalue weighted by molar-refractivity contribution is -0.137. The summed E-state index contributed by atoms with van der Waals surface area (Å²) in [7, 11) is -0.185. The van der Waals surface area contributed by atoms with Gasteiger partial charge in [-0.2, -0.15) is 4.31 Å². The third kappa shape index (κ3) is 4.18. The molecule has 2 fully saturated rings. The number of fused-ring (bicyclic) bond motifs is 1. The summed E-state index contributed by atoms with van der Waals surface area (Å²) in [5, 5.41) is 3.07. The number of carbonyl (C=O) groups excluding carboxylic acids is 1. The topological polar surface area (TPSA) is 84.9 Å². The van der Waals surface area contributed by atoms with Crippen LogP contribution in [0.3, 0.4) is 0 Å². The Morgan fingerprint density at radius 2 is 2.11 bits per heavy atom. The molecule has 2 aliphatic rings. The Morgan fingerprint density at radius 3 is 2.86 bits per heavy atom. The molecule has 1 aromatic carbocycles. The summed E-state index contributed by atoms with van der Waals surface area (Å²) >= 11 is 0. The van der Waals surface area contributed by atoms with Crippen LogP contribution in [0.15, 0.2) is 24.3 Å². The average molecular weight is 411 g/mol. The first-order valence-electron chi connectivity index (χ1n) is 9.82. The number of methoxy groups -OCH3 is 2. The number of carbonyl (C=O) groups is 1. The highest BCUT2D eigenvalue weighted by atomic mass is 32.2. The van der Waals surface area contributed by atoms with Gasteiger partial charge in [0.15, 0.2) is 0 Å². The molecule has 156 valence electrons. The summed E-state index contributed by atoms with van der Waals surface area (Å²) in [6.07, 6.45) is 3.71. The van der Waals surface area contributed by atoms with E-state index in [0.29, 0.717) is 26.1 Å². The Kier molecular flexibility index (Phi) is 6.62. The molecule has 0 spiro atoms. The highest BCUT2D eigenvalue weighted by molar-refractivity contribution is 7.89. The van der Waals surface area contributed by atoms with Gasteiger partial charge in [-0.3, -0.25) is 4.79 Å². The van der Waals surface area contributed by atoms with Gasteiger partial charge in [-0.15, -0.1) is 0 Å². The monoisotopic (exact) mass is 410 g/mol. The highest BCUT2D eigenvalue weighted by Gasteiger charge is 2.55. The molecular formula is C20H30N2O5S. The van der Waals surface area contributed by atoms with E-state index in [0.717, 1.165) is 37.0 Å². The van der Waals surface area contributed by atoms with E-state index in [1.54, 1.807) is 14.2 Å². The van der Waals surface area contributed by atoms with Gasteiger partial charge >= 0.3 is 0 Å². The summed E-state index contributed by atoms with van der Waals surface area (Å²) in [6.45, 7) is 1.03. The number of rotatable bonds is 7. The maximum atomic E-state index is 13.3. The molecule has 1 saturated heterocycles. The number of hydrogen-bond acceptors (Lipinski definition) is 5. The molecule has 7 nitrogen and oxygen atoms in total. The molecule has 1 aliphatic carbocycles. The number of nitrogens with zero attached hydrogens (tertiary/aromatic N) is 1. The molecule has 0 unspecified atom stereocenters. The lowest BCUT2D eigenvalue weighted by Gasteiger charge is -2.50. The summed E-state index contributed by atoms with van der Waals surface area (Å²) in [5.74, 6) is 0.715. The van der Waals surface area contributed by atoms with E-state index in [1.807, 2.05) is 24.3 Å². The molecule has 0 radical (unpaired) electrons. The normalized spacial score (nSPS) is 27.0. The predicted molar refractivity (Wildman–Crippen MR) is 107 cm³/mol. The number of ether oxygens (including phenoxy) is 2. The number of sulfonamides is 1. The number of amides is 1. The van der Waals surface area contributed by atoms with E-state index in [2.05, 4.69) is 5.32 Å². The fraction of sp³-hybridized carbons (Fsp3) is 0.650. The Labute approximate surface area is 167 Å². The molecule has 1 N–H and O–H groups in total. The molecule has 0 aromatic heterocycles. The fourth-order valence-corrected chi connectivity index (χ4v) is 6.45. The standard InChI is InChI=1S/C20H30N2O5S/c1-26-12-11-22-18-8-3-4-9-20(18,10-13-28(22,24)25)19(23)21-15-16-6-5-7-17(14-16)27-2/h5-7,14,18H,3-4,8-13,15H2,1-2H3,(H,21,23)/t18-,20-/m1/s1. The number of benzene rings is 1. The Hall–Kier alpha value is -1.64. The second kappa shape index (κ2) is 8.80. The van der Waals surface area contributed by atoms with E-state index in [-0.39, 0.29) is 17.7 Å². The van der Waals surface area contributed by atoms with E-state index in [1.165, 1.54) is 4.31 Å². The van der Waals surface area contributed by atoms with E-state index in [4.69, 9.17) is 9.47 Å². The van der Waals surface area contributed by atoms with Crippen molar-refractivity contribution in [2.75, 3.05) is 33.1 Å². The van der Waals surface area contributed by atoms with Gasteiger partial charge in [0, 0.05) is 26.2 Å². The van der Waals surface area contributed by atoms with Gasteiger partial charge in [-0.05, 0) is 37.0 Å². The Morgan fingerprint density at radius 1 is 1.29 bits per heavy atom. The van der Waals surface area contributed by atoms with Crippen molar-refractivity contribution in [1.29, 1.82) is 0 Å². The minimum absolute atomic E-state index is 0.0137. The molecule has 1 saturated carbocycles. The highest BCUT2D eigenvalue weighted by Crippen LogP contribution is 2.46. The van der Waals surface area contributed by atoms with Gasteiger partial charge in [-0.1, -0.05) is 25.0 Å². The Balaban J connectivity index is 1.79. The second-order valence-electron chi connectivity index (χ2n) is 7.62. The zero-order valence-corrected chi connectivity index (χ0v) is 17.5. The SMILES string of the molecule is COCCN1[C@@H]2CCCC[C@@]2(C(=O)NCc2cccc(OC)c2)CCS1(=O)=O. The zero-order valence-electron chi connectivity index (χ0n) is 16.6. The molecular weight excluding hydrogens is 380 g/mol. The van der Waals surface area contributed by atoms with E-state index in [9.17, 15) is 13.2 Å². The molecule has 2 atom stereocenters. The van der Waals surface area contributed by atoms with Gasteiger partial charge in [0.2, 0.25) is 15.9 Å². The molecule has 1 heterocycles. The van der Waals surface area contributed by atoms with Crippen LogP contribution >= 0.6 is 0 Å². The number of hydrogen-bond donors (Lipinski definition) is 1. The van der Waals surface area contributed by atoms with Crippen LogP contribution in [0, 0.1) is 5.41 Å². The average Bonchev–Trinajstić information content (AvgIpc) is 2.71. The van der Waals surface area contributed by atoms with Crippen molar-refractivity contribution < 1.29 is 22.7 Å². The summed E-state index contributed by atoms with van der Waals surface area (Å²) in [5.41, 5.74) is 0.298. The van der Waals surface area contributed by atoms with Crippen molar-refractivity contribution in [3.05, 3.63) is 29.8 Å². The van der Waals surface area contributed by atoms with Crippen molar-refractivity contribution in [2.45, 2.75) is 44.7 Å². The Bertz CT molecular complexity index is 798. The quantitative estimate of drug-likeness (QED) is 0.742. The minimum Gasteiger partial charge on any atom is -0.497 e. The molecule has 1 amide bonds. The summed E-state index contributed by atoms with van der Waals surface area (Å²) in [4.78, 5) is 13.3. The molecule has 8 heteroatoms. The lowest BCUT2D eigenvalue weighted by Crippen LogP contribution is -2.63. The third-order valence-electron chi connectivity index (χ3n) is 6.05. The first-order valence-corrected chi connectivity index (χ1v) is 11.4.